The lowest BCUT2D eigenvalue weighted by atomic mass is 10.2. The predicted molar refractivity (Wildman–Crippen MR) is 49.1 cm³/mol. The van der Waals surface area contributed by atoms with Crippen LogP contribution in [0, 0.1) is 5.82 Å². The minimum Gasteiger partial charge on any atom is -0.487 e. The third-order valence-electron chi connectivity index (χ3n) is 1.67. The van der Waals surface area contributed by atoms with Crippen molar-refractivity contribution in [2.75, 3.05) is 6.61 Å². The highest BCUT2D eigenvalue weighted by Gasteiger charge is 2.33. The normalized spacial score (nSPS) is 11.2. The van der Waals surface area contributed by atoms with Gasteiger partial charge in [0.25, 0.3) is 5.92 Å². The van der Waals surface area contributed by atoms with Gasteiger partial charge in [-0.15, -0.1) is 0 Å². The molecule has 0 bridgehead atoms. The van der Waals surface area contributed by atoms with Crippen LogP contribution in [0.15, 0.2) is 24.3 Å². The Labute approximate surface area is 89.5 Å². The zero-order valence-electron chi connectivity index (χ0n) is 8.12. The Hall–Kier alpha value is -1.72. The third-order valence-corrected chi connectivity index (χ3v) is 1.67. The van der Waals surface area contributed by atoms with Crippen molar-refractivity contribution in [2.24, 2.45) is 0 Å². The van der Waals surface area contributed by atoms with Gasteiger partial charge in [-0.1, -0.05) is 0 Å². The van der Waals surface area contributed by atoms with Gasteiger partial charge in [-0.25, -0.2) is 13.2 Å². The van der Waals surface area contributed by atoms with Gasteiger partial charge in [0.1, 0.15) is 18.0 Å². The number of rotatable bonds is 5. The summed E-state index contributed by atoms with van der Waals surface area (Å²) in [7, 11) is 0. The van der Waals surface area contributed by atoms with Crippen molar-refractivity contribution in [1.29, 1.82) is 0 Å². The number of alkyl halides is 2. The molecule has 0 unspecified atom stereocenters. The molecule has 0 saturated carbocycles. The van der Waals surface area contributed by atoms with Gasteiger partial charge in [0.05, 0.1) is 0 Å². The van der Waals surface area contributed by atoms with Crippen molar-refractivity contribution >= 4 is 5.97 Å². The van der Waals surface area contributed by atoms with Gasteiger partial charge in [-0.2, -0.15) is 0 Å². The van der Waals surface area contributed by atoms with Crippen LogP contribution in [0.4, 0.5) is 13.2 Å². The lowest BCUT2D eigenvalue weighted by Crippen LogP contribution is -2.28. The molecule has 3 nitrogen and oxygen atoms in total. The SMILES string of the molecule is O=C(O)CC(F)(F)COc1ccc(F)cc1. The fraction of sp³-hybridized carbons (Fsp3) is 0.300. The van der Waals surface area contributed by atoms with Crippen LogP contribution in [0.25, 0.3) is 0 Å². The van der Waals surface area contributed by atoms with Crippen LogP contribution in [0.5, 0.6) is 5.75 Å². The quantitative estimate of drug-likeness (QED) is 0.850. The lowest BCUT2D eigenvalue weighted by molar-refractivity contribution is -0.147. The molecule has 0 heterocycles. The minimum absolute atomic E-state index is 0.0615. The van der Waals surface area contributed by atoms with Crippen LogP contribution in [-0.2, 0) is 4.79 Å². The molecule has 16 heavy (non-hydrogen) atoms. The molecule has 0 aromatic heterocycles. The van der Waals surface area contributed by atoms with Crippen molar-refractivity contribution < 1.29 is 27.8 Å². The smallest absolute Gasteiger partial charge is 0.309 e. The number of hydrogen-bond acceptors (Lipinski definition) is 2. The van der Waals surface area contributed by atoms with Gasteiger partial charge in [0.2, 0.25) is 0 Å². The molecule has 6 heteroatoms. The summed E-state index contributed by atoms with van der Waals surface area (Å²) in [5.74, 6) is -5.50. The number of hydrogen-bond donors (Lipinski definition) is 1. The monoisotopic (exact) mass is 234 g/mol. The van der Waals surface area contributed by atoms with Crippen molar-refractivity contribution in [3.05, 3.63) is 30.1 Å². The fourth-order valence-electron chi connectivity index (χ4n) is 0.992. The van der Waals surface area contributed by atoms with E-state index in [0.717, 1.165) is 12.1 Å². The van der Waals surface area contributed by atoms with Crippen molar-refractivity contribution in [3.8, 4) is 5.75 Å². The number of aliphatic carboxylic acids is 1. The zero-order valence-corrected chi connectivity index (χ0v) is 8.12. The number of carbonyl (C=O) groups is 1. The van der Waals surface area contributed by atoms with E-state index in [1.54, 1.807) is 0 Å². The second-order valence-electron chi connectivity index (χ2n) is 3.17. The first kappa shape index (κ1) is 12.4. The molecule has 1 N–H and O–H groups in total. The average Bonchev–Trinajstić information content (AvgIpc) is 2.15. The Balaban J connectivity index is 2.50. The van der Waals surface area contributed by atoms with Crippen molar-refractivity contribution in [3.63, 3.8) is 0 Å². The molecule has 0 fully saturated rings. The first-order chi connectivity index (χ1) is 7.39. The van der Waals surface area contributed by atoms with Crippen molar-refractivity contribution in [2.45, 2.75) is 12.3 Å². The van der Waals surface area contributed by atoms with E-state index in [2.05, 4.69) is 4.74 Å². The minimum atomic E-state index is -3.44. The van der Waals surface area contributed by atoms with Crippen LogP contribution in [0.3, 0.4) is 0 Å². The van der Waals surface area contributed by atoms with Gasteiger partial charge in [-0.3, -0.25) is 4.79 Å². The molecule has 0 aliphatic rings. The summed E-state index contributed by atoms with van der Waals surface area (Å²) in [4.78, 5) is 10.1. The number of carboxylic acids is 1. The van der Waals surface area contributed by atoms with E-state index in [4.69, 9.17) is 5.11 Å². The van der Waals surface area contributed by atoms with Gasteiger partial charge in [0.15, 0.2) is 6.61 Å². The molecular weight excluding hydrogens is 225 g/mol. The maximum absolute atomic E-state index is 12.9. The van der Waals surface area contributed by atoms with Gasteiger partial charge >= 0.3 is 5.97 Å². The summed E-state index contributed by atoms with van der Waals surface area (Å²) >= 11 is 0. The van der Waals surface area contributed by atoms with Gasteiger partial charge in [0, 0.05) is 0 Å². The summed E-state index contributed by atoms with van der Waals surface area (Å²) in [6.07, 6.45) is -1.30. The Bertz CT molecular complexity index is 362. The van der Waals surface area contributed by atoms with E-state index in [0.29, 0.717) is 0 Å². The Morgan fingerprint density at radius 3 is 2.38 bits per heavy atom. The predicted octanol–water partition coefficient (Wildman–Crippen LogP) is 2.31. The first-order valence-electron chi connectivity index (χ1n) is 4.37. The van der Waals surface area contributed by atoms with Crippen LogP contribution in [-0.4, -0.2) is 23.6 Å². The fourth-order valence-corrected chi connectivity index (χ4v) is 0.992. The first-order valence-corrected chi connectivity index (χ1v) is 4.37. The maximum atomic E-state index is 12.9. The maximum Gasteiger partial charge on any atom is 0.309 e. The largest absolute Gasteiger partial charge is 0.487 e. The summed E-state index contributed by atoms with van der Waals surface area (Å²) in [5.41, 5.74) is 0. The molecule has 1 rings (SSSR count). The molecule has 0 spiro atoms. The van der Waals surface area contributed by atoms with E-state index in [1.165, 1.54) is 12.1 Å². The molecule has 0 aliphatic carbocycles. The second kappa shape index (κ2) is 4.87. The Morgan fingerprint density at radius 1 is 1.31 bits per heavy atom. The molecule has 0 saturated heterocycles. The summed E-state index contributed by atoms with van der Waals surface area (Å²) in [6, 6.07) is 4.49. The van der Waals surface area contributed by atoms with Crippen LogP contribution in [0.2, 0.25) is 0 Å². The summed E-state index contributed by atoms with van der Waals surface area (Å²) in [5, 5.41) is 8.20. The lowest BCUT2D eigenvalue weighted by Gasteiger charge is -2.14. The summed E-state index contributed by atoms with van der Waals surface area (Å²) < 4.78 is 42.8. The van der Waals surface area contributed by atoms with Crippen LogP contribution < -0.4 is 4.74 Å². The molecular formula is C10H9F3O3. The van der Waals surface area contributed by atoms with Crippen molar-refractivity contribution in [1.82, 2.24) is 0 Å². The van der Waals surface area contributed by atoms with E-state index in [9.17, 15) is 18.0 Å². The van der Waals surface area contributed by atoms with E-state index in [1.807, 2.05) is 0 Å². The molecule has 0 amide bonds. The highest BCUT2D eigenvalue weighted by Crippen LogP contribution is 2.20. The topological polar surface area (TPSA) is 46.5 Å². The number of benzene rings is 1. The second-order valence-corrected chi connectivity index (χ2v) is 3.17. The number of ether oxygens (including phenoxy) is 1. The molecule has 0 aliphatic heterocycles. The number of halogens is 3. The van der Waals surface area contributed by atoms with Crippen LogP contribution >= 0.6 is 0 Å². The molecule has 1 aromatic carbocycles. The van der Waals surface area contributed by atoms with E-state index < -0.39 is 30.7 Å². The highest BCUT2D eigenvalue weighted by atomic mass is 19.3. The third kappa shape index (κ3) is 4.20. The van der Waals surface area contributed by atoms with Crippen LogP contribution in [0.1, 0.15) is 6.42 Å². The Kier molecular flexibility index (Phi) is 3.76. The molecule has 0 atom stereocenters. The van der Waals surface area contributed by atoms with E-state index >= 15 is 0 Å². The number of carboxylic acid groups (broad SMARTS) is 1. The standard InChI is InChI=1S/C10H9F3O3/c11-7-1-3-8(4-2-7)16-6-10(12,13)5-9(14)15/h1-4H,5-6H2,(H,14,15). The Morgan fingerprint density at radius 2 is 1.88 bits per heavy atom. The molecule has 0 radical (unpaired) electrons. The molecule has 88 valence electrons. The highest BCUT2D eigenvalue weighted by molar-refractivity contribution is 5.67. The zero-order chi connectivity index (χ0) is 12.2. The molecule has 1 aromatic rings. The van der Waals surface area contributed by atoms with Gasteiger partial charge in [-0.05, 0) is 24.3 Å². The van der Waals surface area contributed by atoms with Gasteiger partial charge < -0.3 is 9.84 Å². The average molecular weight is 234 g/mol. The van der Waals surface area contributed by atoms with E-state index in [-0.39, 0.29) is 5.75 Å². The summed E-state index contributed by atoms with van der Waals surface area (Å²) in [6.45, 7) is -1.05.